The molecule has 1 aromatic rings. The number of rotatable bonds is 7. The highest BCUT2D eigenvalue weighted by molar-refractivity contribution is 6.22. The Morgan fingerprint density at radius 2 is 2.00 bits per heavy atom. The van der Waals surface area contributed by atoms with Crippen LogP contribution in [-0.4, -0.2) is 54.4 Å². The van der Waals surface area contributed by atoms with E-state index in [9.17, 15) is 24.5 Å². The van der Waals surface area contributed by atoms with Gasteiger partial charge in [0.05, 0.1) is 16.1 Å². The Kier molecular flexibility index (Phi) is 5.02. The number of nitrogens with zero attached hydrogens (tertiary/aromatic N) is 2. The summed E-state index contributed by atoms with van der Waals surface area (Å²) in [4.78, 5) is 47.0. The van der Waals surface area contributed by atoms with E-state index in [4.69, 9.17) is 4.74 Å². The quantitative estimate of drug-likeness (QED) is 0.335. The maximum absolute atomic E-state index is 12.2. The molecular weight excluding hydrogens is 306 g/mol. The molecule has 0 aromatic heterocycles. The number of nitrogens with one attached hydrogen (secondary N) is 1. The number of fused-ring (bicyclic) bond motifs is 1. The predicted octanol–water partition coefficient (Wildman–Crippen LogP) is 0.344. The zero-order chi connectivity index (χ0) is 17.0. The molecule has 0 atom stereocenters. The lowest BCUT2D eigenvalue weighted by Crippen LogP contribution is -2.40. The summed E-state index contributed by atoms with van der Waals surface area (Å²) in [5.74, 6) is -1.82. The van der Waals surface area contributed by atoms with E-state index in [1.165, 1.54) is 6.07 Å². The average Bonchev–Trinajstić information content (AvgIpc) is 2.76. The third kappa shape index (κ3) is 3.51. The minimum Gasteiger partial charge on any atom is -0.385 e. The molecule has 0 saturated heterocycles. The Bertz CT molecular complexity index is 672. The first-order valence-corrected chi connectivity index (χ1v) is 6.86. The molecule has 0 spiro atoms. The summed E-state index contributed by atoms with van der Waals surface area (Å²) in [6.45, 7) is 0.422. The van der Waals surface area contributed by atoms with Crippen molar-refractivity contribution >= 4 is 23.4 Å². The van der Waals surface area contributed by atoms with E-state index in [1.54, 1.807) is 7.11 Å². The summed E-state index contributed by atoms with van der Waals surface area (Å²) >= 11 is 0. The van der Waals surface area contributed by atoms with Gasteiger partial charge in [-0.1, -0.05) is 0 Å². The number of methoxy groups -OCH3 is 1. The maximum Gasteiger partial charge on any atom is 0.270 e. The molecular formula is C14H15N3O6. The van der Waals surface area contributed by atoms with Crippen molar-refractivity contribution in [3.8, 4) is 0 Å². The summed E-state index contributed by atoms with van der Waals surface area (Å²) in [5, 5.41) is 13.3. The fourth-order valence-corrected chi connectivity index (χ4v) is 2.18. The van der Waals surface area contributed by atoms with E-state index in [1.807, 2.05) is 0 Å². The van der Waals surface area contributed by atoms with Gasteiger partial charge in [-0.15, -0.1) is 0 Å². The fraction of sp³-hybridized carbons (Fsp3) is 0.357. The molecule has 23 heavy (non-hydrogen) atoms. The summed E-state index contributed by atoms with van der Waals surface area (Å²) in [5.41, 5.74) is -0.278. The molecule has 0 saturated carbocycles. The van der Waals surface area contributed by atoms with Gasteiger partial charge in [0.25, 0.3) is 17.5 Å². The monoisotopic (exact) mass is 321 g/mol. The Morgan fingerprint density at radius 1 is 1.30 bits per heavy atom. The SMILES string of the molecule is COCCCNC(=O)CN1C(=O)c2ccc([N+](=O)[O-])cc2C1=O. The summed E-state index contributed by atoms with van der Waals surface area (Å²) < 4.78 is 4.84. The molecule has 1 aliphatic rings. The highest BCUT2D eigenvalue weighted by Gasteiger charge is 2.37. The number of nitro benzene ring substituents is 1. The molecule has 1 heterocycles. The number of nitro groups is 1. The second-order valence-corrected chi connectivity index (χ2v) is 4.88. The van der Waals surface area contributed by atoms with Crippen LogP contribution in [0.15, 0.2) is 18.2 Å². The molecule has 0 aliphatic carbocycles. The standard InChI is InChI=1S/C14H15N3O6/c1-23-6-2-5-15-12(18)8-16-13(19)10-4-3-9(17(21)22)7-11(10)14(16)20/h3-4,7H,2,5-6,8H2,1H3,(H,15,18). The summed E-state index contributed by atoms with van der Waals surface area (Å²) in [6, 6.07) is 3.43. The normalized spacial score (nSPS) is 13.2. The van der Waals surface area contributed by atoms with E-state index in [0.717, 1.165) is 17.0 Å². The molecule has 2 rings (SSSR count). The van der Waals surface area contributed by atoms with Crippen LogP contribution in [0.3, 0.4) is 0 Å². The second-order valence-electron chi connectivity index (χ2n) is 4.88. The minimum absolute atomic E-state index is 0.0589. The van der Waals surface area contributed by atoms with Crippen LogP contribution in [-0.2, 0) is 9.53 Å². The van der Waals surface area contributed by atoms with Gasteiger partial charge in [-0.25, -0.2) is 0 Å². The van der Waals surface area contributed by atoms with Gasteiger partial charge in [-0.2, -0.15) is 0 Å². The van der Waals surface area contributed by atoms with Crippen LogP contribution in [0.25, 0.3) is 0 Å². The number of carbonyl (C=O) groups excluding carboxylic acids is 3. The van der Waals surface area contributed by atoms with Crippen molar-refractivity contribution in [2.75, 3.05) is 26.8 Å². The number of imide groups is 1. The van der Waals surface area contributed by atoms with Crippen molar-refractivity contribution in [1.82, 2.24) is 10.2 Å². The number of carbonyl (C=O) groups is 3. The van der Waals surface area contributed by atoms with Gasteiger partial charge in [0.2, 0.25) is 5.91 Å². The zero-order valence-corrected chi connectivity index (χ0v) is 12.4. The first kappa shape index (κ1) is 16.6. The van der Waals surface area contributed by atoms with Gasteiger partial charge in [-0.3, -0.25) is 29.4 Å². The third-order valence-corrected chi connectivity index (χ3v) is 3.31. The van der Waals surface area contributed by atoms with Crippen LogP contribution in [0.4, 0.5) is 5.69 Å². The van der Waals surface area contributed by atoms with E-state index < -0.39 is 29.2 Å². The van der Waals surface area contributed by atoms with Gasteiger partial charge >= 0.3 is 0 Å². The fourth-order valence-electron chi connectivity index (χ4n) is 2.18. The van der Waals surface area contributed by atoms with Crippen molar-refractivity contribution < 1.29 is 24.0 Å². The average molecular weight is 321 g/mol. The van der Waals surface area contributed by atoms with Crippen molar-refractivity contribution in [1.29, 1.82) is 0 Å². The first-order valence-electron chi connectivity index (χ1n) is 6.86. The highest BCUT2D eigenvalue weighted by atomic mass is 16.6. The Morgan fingerprint density at radius 3 is 2.65 bits per heavy atom. The number of non-ortho nitro benzene ring substituents is 1. The first-order chi connectivity index (χ1) is 11.0. The Labute approximate surface area is 131 Å². The van der Waals surface area contributed by atoms with Crippen LogP contribution in [0, 0.1) is 10.1 Å². The van der Waals surface area contributed by atoms with E-state index >= 15 is 0 Å². The Balaban J connectivity index is 2.05. The highest BCUT2D eigenvalue weighted by Crippen LogP contribution is 2.26. The van der Waals surface area contributed by atoms with Crippen LogP contribution in [0.2, 0.25) is 0 Å². The molecule has 1 aromatic carbocycles. The largest absolute Gasteiger partial charge is 0.385 e. The molecule has 9 nitrogen and oxygen atoms in total. The molecule has 0 radical (unpaired) electrons. The smallest absolute Gasteiger partial charge is 0.270 e. The summed E-state index contributed by atoms with van der Waals surface area (Å²) in [6.07, 6.45) is 0.608. The number of hydrogen-bond donors (Lipinski definition) is 1. The lowest BCUT2D eigenvalue weighted by molar-refractivity contribution is -0.384. The van der Waals surface area contributed by atoms with Gasteiger partial charge < -0.3 is 10.1 Å². The van der Waals surface area contributed by atoms with Crippen molar-refractivity contribution in [2.45, 2.75) is 6.42 Å². The lowest BCUT2D eigenvalue weighted by atomic mass is 10.1. The minimum atomic E-state index is -0.708. The molecule has 122 valence electrons. The van der Waals surface area contributed by atoms with Gasteiger partial charge in [0, 0.05) is 32.4 Å². The van der Waals surface area contributed by atoms with Crippen molar-refractivity contribution in [3.05, 3.63) is 39.4 Å². The predicted molar refractivity (Wildman–Crippen MR) is 78.0 cm³/mol. The van der Waals surface area contributed by atoms with Gasteiger partial charge in [-0.05, 0) is 12.5 Å². The van der Waals surface area contributed by atoms with Gasteiger partial charge in [0.15, 0.2) is 0 Å². The zero-order valence-electron chi connectivity index (χ0n) is 12.4. The van der Waals surface area contributed by atoms with Crippen molar-refractivity contribution in [3.63, 3.8) is 0 Å². The number of amides is 3. The third-order valence-electron chi connectivity index (χ3n) is 3.31. The van der Waals surface area contributed by atoms with Crippen molar-refractivity contribution in [2.24, 2.45) is 0 Å². The van der Waals surface area contributed by atoms with Crippen LogP contribution in [0.5, 0.6) is 0 Å². The van der Waals surface area contributed by atoms with Crippen LogP contribution < -0.4 is 5.32 Å². The second kappa shape index (κ2) is 6.97. The van der Waals surface area contributed by atoms with E-state index in [0.29, 0.717) is 19.6 Å². The molecule has 1 aliphatic heterocycles. The molecule has 3 amide bonds. The van der Waals surface area contributed by atoms with E-state index in [-0.39, 0.29) is 16.8 Å². The molecule has 9 heteroatoms. The van der Waals surface area contributed by atoms with Crippen LogP contribution >= 0.6 is 0 Å². The number of benzene rings is 1. The molecule has 0 unspecified atom stereocenters. The number of ether oxygens (including phenoxy) is 1. The molecule has 1 N–H and O–H groups in total. The molecule has 0 bridgehead atoms. The molecule has 0 fully saturated rings. The number of hydrogen-bond acceptors (Lipinski definition) is 6. The maximum atomic E-state index is 12.2. The topological polar surface area (TPSA) is 119 Å². The summed E-state index contributed by atoms with van der Waals surface area (Å²) in [7, 11) is 1.54. The van der Waals surface area contributed by atoms with Crippen LogP contribution in [0.1, 0.15) is 27.1 Å². The lowest BCUT2D eigenvalue weighted by Gasteiger charge is -2.13. The van der Waals surface area contributed by atoms with Gasteiger partial charge in [0.1, 0.15) is 6.54 Å². The Hall–Kier alpha value is -2.81. The van der Waals surface area contributed by atoms with E-state index in [2.05, 4.69) is 5.32 Å².